The fourth-order valence-corrected chi connectivity index (χ4v) is 5.38. The zero-order valence-corrected chi connectivity index (χ0v) is 16.1. The number of fused-ring (bicyclic) bond motifs is 5. The van der Waals surface area contributed by atoms with Gasteiger partial charge in [0.05, 0.1) is 5.56 Å². The van der Waals surface area contributed by atoms with Gasteiger partial charge in [-0.05, 0) is 37.7 Å². The number of aryl methyl sites for hydroxylation is 1. The lowest BCUT2D eigenvalue weighted by atomic mass is 9.94. The van der Waals surface area contributed by atoms with E-state index in [0.29, 0.717) is 18.0 Å². The third-order valence-electron chi connectivity index (χ3n) is 6.84. The summed E-state index contributed by atoms with van der Waals surface area (Å²) in [6.45, 7) is 4.84. The summed E-state index contributed by atoms with van der Waals surface area (Å²) in [6.07, 6.45) is 6.68. The van der Waals surface area contributed by atoms with Crippen molar-refractivity contribution in [3.63, 3.8) is 0 Å². The molecule has 0 unspecified atom stereocenters. The van der Waals surface area contributed by atoms with E-state index in [4.69, 9.17) is 4.74 Å². The standard InChI is InChI=1S/C22H29N3O2/c1-23-15-20(19-4-2-3-5-21(19)23)22(26)25-13-16-6-7-18(25)14-24(12-16)17-8-10-27-11-9-17/h2-5,15-18H,6-14H2,1H3/t16-,18+/m0/s1. The molecule has 5 nitrogen and oxygen atoms in total. The van der Waals surface area contributed by atoms with Crippen LogP contribution in [0.25, 0.3) is 10.9 Å². The molecular formula is C22H29N3O2. The molecule has 1 aromatic carbocycles. The summed E-state index contributed by atoms with van der Waals surface area (Å²) in [6, 6.07) is 9.21. The number of carbonyl (C=O) groups is 1. The summed E-state index contributed by atoms with van der Waals surface area (Å²) >= 11 is 0. The highest BCUT2D eigenvalue weighted by molar-refractivity contribution is 6.07. The van der Waals surface area contributed by atoms with Crippen LogP contribution in [0, 0.1) is 5.92 Å². The zero-order chi connectivity index (χ0) is 18.4. The highest BCUT2D eigenvalue weighted by atomic mass is 16.5. The summed E-state index contributed by atoms with van der Waals surface area (Å²) in [5.74, 6) is 0.820. The molecule has 0 aliphatic carbocycles. The first-order valence-corrected chi connectivity index (χ1v) is 10.4. The first-order valence-electron chi connectivity index (χ1n) is 10.4. The van der Waals surface area contributed by atoms with Gasteiger partial charge in [0, 0.05) is 69.1 Å². The number of ether oxygens (including phenoxy) is 1. The van der Waals surface area contributed by atoms with E-state index in [1.807, 2.05) is 25.4 Å². The van der Waals surface area contributed by atoms with Gasteiger partial charge in [-0.1, -0.05) is 18.2 Å². The van der Waals surface area contributed by atoms with Crippen LogP contribution in [0.5, 0.6) is 0 Å². The smallest absolute Gasteiger partial charge is 0.256 e. The van der Waals surface area contributed by atoms with Crippen LogP contribution in [0.3, 0.4) is 0 Å². The Bertz CT molecular complexity index is 839. The number of benzene rings is 1. The molecule has 4 aliphatic heterocycles. The SMILES string of the molecule is Cn1cc(C(=O)N2C[C@H]3CC[C@@H]2CN(C2CCOCC2)C3)c2ccccc21. The molecule has 4 saturated heterocycles. The minimum atomic E-state index is 0.218. The van der Waals surface area contributed by atoms with Crippen LogP contribution in [0.15, 0.2) is 30.5 Å². The number of rotatable bonds is 2. The second-order valence-corrected chi connectivity index (χ2v) is 8.52. The van der Waals surface area contributed by atoms with Gasteiger partial charge in [0.15, 0.2) is 0 Å². The molecule has 0 saturated carbocycles. The van der Waals surface area contributed by atoms with Crippen molar-refractivity contribution in [1.82, 2.24) is 14.4 Å². The van der Waals surface area contributed by atoms with Crippen LogP contribution in [0.1, 0.15) is 36.0 Å². The minimum absolute atomic E-state index is 0.218. The van der Waals surface area contributed by atoms with E-state index < -0.39 is 0 Å². The average Bonchev–Trinajstić information content (AvgIpc) is 2.87. The monoisotopic (exact) mass is 367 g/mol. The molecule has 0 N–H and O–H groups in total. The van der Waals surface area contributed by atoms with Crippen molar-refractivity contribution < 1.29 is 9.53 Å². The number of para-hydroxylation sites is 1. The van der Waals surface area contributed by atoms with Crippen LogP contribution in [0.4, 0.5) is 0 Å². The van der Waals surface area contributed by atoms with Gasteiger partial charge in [0.2, 0.25) is 0 Å². The van der Waals surface area contributed by atoms with Gasteiger partial charge in [-0.25, -0.2) is 0 Å². The Balaban J connectivity index is 1.41. The van der Waals surface area contributed by atoms with Crippen LogP contribution in [0.2, 0.25) is 0 Å². The molecule has 0 radical (unpaired) electrons. The predicted octanol–water partition coefficient (Wildman–Crippen LogP) is 2.89. The fraction of sp³-hybridized carbons (Fsp3) is 0.591. The first-order chi connectivity index (χ1) is 13.2. The second-order valence-electron chi connectivity index (χ2n) is 8.52. The Morgan fingerprint density at radius 1 is 1.00 bits per heavy atom. The average molecular weight is 367 g/mol. The number of piperidine rings is 1. The van der Waals surface area contributed by atoms with Gasteiger partial charge in [-0.15, -0.1) is 0 Å². The van der Waals surface area contributed by atoms with E-state index >= 15 is 0 Å². The Kier molecular flexibility index (Phi) is 4.44. The molecule has 5 heterocycles. The van der Waals surface area contributed by atoms with Crippen molar-refractivity contribution in [3.05, 3.63) is 36.0 Å². The topological polar surface area (TPSA) is 37.7 Å². The maximum Gasteiger partial charge on any atom is 0.256 e. The normalized spacial score (nSPS) is 27.2. The molecule has 2 bridgehead atoms. The molecular weight excluding hydrogens is 338 g/mol. The van der Waals surface area contributed by atoms with E-state index in [0.717, 1.165) is 68.6 Å². The molecule has 0 spiro atoms. The van der Waals surface area contributed by atoms with Gasteiger partial charge < -0.3 is 14.2 Å². The lowest BCUT2D eigenvalue weighted by Gasteiger charge is -2.37. The van der Waals surface area contributed by atoms with Crippen molar-refractivity contribution in [2.75, 3.05) is 32.8 Å². The van der Waals surface area contributed by atoms with E-state index in [1.165, 1.54) is 6.42 Å². The third-order valence-corrected chi connectivity index (χ3v) is 6.84. The third kappa shape index (κ3) is 3.07. The largest absolute Gasteiger partial charge is 0.381 e. The minimum Gasteiger partial charge on any atom is -0.381 e. The maximum atomic E-state index is 13.5. The summed E-state index contributed by atoms with van der Waals surface area (Å²) in [5, 5.41) is 1.08. The molecule has 5 heteroatoms. The lowest BCUT2D eigenvalue weighted by molar-refractivity contribution is 0.0304. The van der Waals surface area contributed by atoms with Gasteiger partial charge in [-0.2, -0.15) is 0 Å². The van der Waals surface area contributed by atoms with E-state index in [9.17, 15) is 4.79 Å². The first kappa shape index (κ1) is 17.3. The summed E-state index contributed by atoms with van der Waals surface area (Å²) in [5.41, 5.74) is 1.99. The van der Waals surface area contributed by atoms with Crippen molar-refractivity contribution in [2.24, 2.45) is 13.0 Å². The molecule has 2 aromatic rings. The van der Waals surface area contributed by atoms with Crippen LogP contribution in [-0.2, 0) is 11.8 Å². The highest BCUT2D eigenvalue weighted by Crippen LogP contribution is 2.33. The molecule has 4 aliphatic rings. The van der Waals surface area contributed by atoms with Crippen LogP contribution >= 0.6 is 0 Å². The van der Waals surface area contributed by atoms with Crippen molar-refractivity contribution >= 4 is 16.8 Å². The fourth-order valence-electron chi connectivity index (χ4n) is 5.38. The second kappa shape index (κ2) is 6.95. The van der Waals surface area contributed by atoms with Gasteiger partial charge in [-0.3, -0.25) is 9.69 Å². The Morgan fingerprint density at radius 3 is 2.67 bits per heavy atom. The molecule has 4 fully saturated rings. The van der Waals surface area contributed by atoms with Crippen LogP contribution < -0.4 is 0 Å². The predicted molar refractivity (Wildman–Crippen MR) is 106 cm³/mol. The Labute approximate surface area is 160 Å². The lowest BCUT2D eigenvalue weighted by Crippen LogP contribution is -2.48. The molecule has 6 rings (SSSR count). The molecule has 1 amide bonds. The van der Waals surface area contributed by atoms with Crippen molar-refractivity contribution in [3.8, 4) is 0 Å². The Hall–Kier alpha value is -1.85. The van der Waals surface area contributed by atoms with Gasteiger partial charge in [0.1, 0.15) is 0 Å². The number of amides is 1. The number of aromatic nitrogens is 1. The van der Waals surface area contributed by atoms with Crippen LogP contribution in [-0.4, -0.2) is 65.2 Å². The zero-order valence-electron chi connectivity index (χ0n) is 16.1. The number of nitrogens with zero attached hydrogens (tertiary/aromatic N) is 3. The van der Waals surface area contributed by atoms with E-state index in [2.05, 4.69) is 26.5 Å². The van der Waals surface area contributed by atoms with E-state index in [1.54, 1.807) is 0 Å². The molecule has 27 heavy (non-hydrogen) atoms. The summed E-state index contributed by atoms with van der Waals surface area (Å²) in [7, 11) is 2.03. The molecule has 1 aromatic heterocycles. The Morgan fingerprint density at radius 2 is 1.81 bits per heavy atom. The van der Waals surface area contributed by atoms with Crippen molar-refractivity contribution in [2.45, 2.75) is 37.8 Å². The number of hydrogen-bond acceptors (Lipinski definition) is 3. The summed E-state index contributed by atoms with van der Waals surface area (Å²) < 4.78 is 7.63. The molecule has 144 valence electrons. The number of carbonyl (C=O) groups excluding carboxylic acids is 1. The quantitative estimate of drug-likeness (QED) is 0.819. The van der Waals surface area contributed by atoms with Gasteiger partial charge >= 0.3 is 0 Å². The van der Waals surface area contributed by atoms with Crippen molar-refractivity contribution in [1.29, 1.82) is 0 Å². The van der Waals surface area contributed by atoms with E-state index in [-0.39, 0.29) is 5.91 Å². The summed E-state index contributed by atoms with van der Waals surface area (Å²) in [4.78, 5) is 18.4. The maximum absolute atomic E-state index is 13.5. The highest BCUT2D eigenvalue weighted by Gasteiger charge is 2.40. The van der Waals surface area contributed by atoms with Gasteiger partial charge in [0.25, 0.3) is 5.91 Å². The molecule has 2 atom stereocenters. The number of hydrogen-bond donors (Lipinski definition) is 0.